The summed E-state index contributed by atoms with van der Waals surface area (Å²) in [5.74, 6) is -5.34. The van der Waals surface area contributed by atoms with Gasteiger partial charge in [0.15, 0.2) is 11.5 Å². The van der Waals surface area contributed by atoms with E-state index in [1.54, 1.807) is 49.4 Å². The van der Waals surface area contributed by atoms with Crippen LogP contribution in [0.25, 0.3) is 0 Å². The van der Waals surface area contributed by atoms with Crippen LogP contribution in [0.2, 0.25) is 0 Å². The van der Waals surface area contributed by atoms with Crippen LogP contribution in [-0.4, -0.2) is 46.1 Å². The summed E-state index contributed by atoms with van der Waals surface area (Å²) >= 11 is 0. The van der Waals surface area contributed by atoms with Crippen LogP contribution in [0.4, 0.5) is 5.69 Å². The van der Waals surface area contributed by atoms with E-state index in [2.05, 4.69) is 0 Å². The van der Waals surface area contributed by atoms with Crippen molar-refractivity contribution in [3.05, 3.63) is 65.7 Å². The lowest BCUT2D eigenvalue weighted by Gasteiger charge is -2.49. The van der Waals surface area contributed by atoms with Crippen LogP contribution in [0, 0.1) is 29.1 Å². The summed E-state index contributed by atoms with van der Waals surface area (Å²) in [6.07, 6.45) is 2.32. The molecule has 4 amide bonds. The normalized spacial score (nSPS) is 32.7. The van der Waals surface area contributed by atoms with Gasteiger partial charge >= 0.3 is 0 Å². The molecule has 0 unspecified atom stereocenters. The number of hydroxylamine groups is 2. The number of phenols is 1. The fourth-order valence-electron chi connectivity index (χ4n) is 7.09. The molecule has 190 valence electrons. The van der Waals surface area contributed by atoms with Crippen molar-refractivity contribution in [3.63, 3.8) is 0 Å². The van der Waals surface area contributed by atoms with E-state index in [1.165, 1.54) is 18.1 Å². The van der Waals surface area contributed by atoms with Crippen molar-refractivity contribution < 1.29 is 34.2 Å². The molecule has 0 aromatic heterocycles. The van der Waals surface area contributed by atoms with Crippen molar-refractivity contribution in [2.45, 2.75) is 25.7 Å². The number of phenolic OH excluding ortho intramolecular Hbond substituents is 1. The van der Waals surface area contributed by atoms with E-state index in [9.17, 15) is 29.5 Å². The molecule has 6 atom stereocenters. The van der Waals surface area contributed by atoms with Crippen molar-refractivity contribution in [1.29, 1.82) is 0 Å². The molecule has 9 nitrogen and oxygen atoms in total. The van der Waals surface area contributed by atoms with Crippen molar-refractivity contribution in [1.82, 2.24) is 5.06 Å². The Morgan fingerprint density at radius 2 is 1.70 bits per heavy atom. The molecule has 2 N–H and O–H groups in total. The van der Waals surface area contributed by atoms with Crippen LogP contribution in [0.5, 0.6) is 11.5 Å². The number of benzene rings is 2. The molecule has 0 spiro atoms. The number of carbonyl (C=O) groups excluding carboxylic acids is 4. The van der Waals surface area contributed by atoms with E-state index in [-0.39, 0.29) is 41.2 Å². The van der Waals surface area contributed by atoms with Crippen molar-refractivity contribution >= 4 is 29.3 Å². The molecule has 9 heteroatoms. The molecule has 0 radical (unpaired) electrons. The van der Waals surface area contributed by atoms with Crippen LogP contribution in [0.1, 0.15) is 31.2 Å². The molecule has 2 aromatic rings. The highest BCUT2D eigenvalue weighted by Gasteiger charge is 2.67. The lowest BCUT2D eigenvalue weighted by molar-refractivity contribution is -0.173. The lowest BCUT2D eigenvalue weighted by Crippen LogP contribution is -2.48. The summed E-state index contributed by atoms with van der Waals surface area (Å²) in [6, 6.07) is 13.6. The maximum Gasteiger partial charge on any atom is 0.257 e. The highest BCUT2D eigenvalue weighted by Crippen LogP contribution is 2.63. The summed E-state index contributed by atoms with van der Waals surface area (Å²) in [5.41, 5.74) is 0.645. The fraction of sp³-hybridized carbons (Fsp3) is 0.357. The van der Waals surface area contributed by atoms with Crippen LogP contribution < -0.4 is 9.64 Å². The Morgan fingerprint density at radius 3 is 2.38 bits per heavy atom. The summed E-state index contributed by atoms with van der Waals surface area (Å²) in [6.45, 7) is 1.77. The van der Waals surface area contributed by atoms with Gasteiger partial charge < -0.3 is 9.84 Å². The molecule has 2 heterocycles. The first-order chi connectivity index (χ1) is 17.7. The molecule has 37 heavy (non-hydrogen) atoms. The summed E-state index contributed by atoms with van der Waals surface area (Å²) in [4.78, 5) is 54.8. The number of imide groups is 2. The van der Waals surface area contributed by atoms with Crippen molar-refractivity contribution in [3.8, 4) is 11.5 Å². The quantitative estimate of drug-likeness (QED) is 0.376. The Bertz CT molecular complexity index is 1390. The molecule has 2 aliphatic carbocycles. The zero-order chi connectivity index (χ0) is 26.2. The predicted octanol–water partition coefficient (Wildman–Crippen LogP) is 3.02. The minimum absolute atomic E-state index is 0.109. The molecule has 0 bridgehead atoms. The minimum atomic E-state index is -1.20. The fourth-order valence-corrected chi connectivity index (χ4v) is 7.09. The number of fused-ring (bicyclic) bond motifs is 4. The number of aromatic hydroxyl groups is 1. The van der Waals surface area contributed by atoms with Gasteiger partial charge in [0.05, 0.1) is 36.0 Å². The second-order valence-corrected chi connectivity index (χ2v) is 10.4. The van der Waals surface area contributed by atoms with E-state index in [1.807, 2.05) is 6.08 Å². The van der Waals surface area contributed by atoms with Gasteiger partial charge in [0.25, 0.3) is 11.8 Å². The van der Waals surface area contributed by atoms with Gasteiger partial charge in [-0.05, 0) is 55.5 Å². The third kappa shape index (κ3) is 3.00. The first kappa shape index (κ1) is 23.4. The van der Waals surface area contributed by atoms with Gasteiger partial charge in [-0.3, -0.25) is 24.4 Å². The number of ether oxygens (including phenoxy) is 1. The maximum atomic E-state index is 14.2. The molecular formula is C28H26N2O7. The zero-order valence-corrected chi connectivity index (χ0v) is 20.3. The van der Waals surface area contributed by atoms with Crippen LogP contribution in [-0.2, 0) is 19.2 Å². The number of nitrogens with zero attached hydrogens (tertiary/aromatic N) is 2. The Labute approximate surface area is 212 Å². The SMILES string of the molecule is COc1ccc([C@H]2C3=CC[C@@H]4C(=O)N(O)C(=O)[C@@H]4[C@@H]3C[C@H]3C(=O)N(c4ccccc4)C(=O)[C@@]23C)cc1O. The van der Waals surface area contributed by atoms with Crippen LogP contribution in [0.3, 0.4) is 0 Å². The second kappa shape index (κ2) is 8.01. The lowest BCUT2D eigenvalue weighted by atomic mass is 9.51. The van der Waals surface area contributed by atoms with Crippen molar-refractivity contribution in [2.24, 2.45) is 29.1 Å². The molecular weight excluding hydrogens is 476 g/mol. The number of para-hydroxylation sites is 1. The number of rotatable bonds is 3. The maximum absolute atomic E-state index is 14.2. The Morgan fingerprint density at radius 1 is 0.973 bits per heavy atom. The highest BCUT2D eigenvalue weighted by atomic mass is 16.5. The average Bonchev–Trinajstić information content (AvgIpc) is 3.24. The summed E-state index contributed by atoms with van der Waals surface area (Å²) in [7, 11) is 1.44. The van der Waals surface area contributed by atoms with Gasteiger partial charge in [0.1, 0.15) is 0 Å². The van der Waals surface area contributed by atoms with E-state index in [0.717, 1.165) is 5.57 Å². The van der Waals surface area contributed by atoms with Gasteiger partial charge in [0.2, 0.25) is 11.8 Å². The molecule has 3 fully saturated rings. The number of hydrogen-bond acceptors (Lipinski definition) is 7. The number of allylic oxidation sites excluding steroid dienone is 2. The van der Waals surface area contributed by atoms with Gasteiger partial charge in [-0.25, -0.2) is 4.90 Å². The largest absolute Gasteiger partial charge is 0.504 e. The van der Waals surface area contributed by atoms with Gasteiger partial charge in [0, 0.05) is 5.92 Å². The molecule has 2 aliphatic heterocycles. The minimum Gasteiger partial charge on any atom is -0.504 e. The van der Waals surface area contributed by atoms with E-state index < -0.39 is 46.8 Å². The Balaban J connectivity index is 1.54. The van der Waals surface area contributed by atoms with Crippen molar-refractivity contribution in [2.75, 3.05) is 12.0 Å². The smallest absolute Gasteiger partial charge is 0.257 e. The van der Waals surface area contributed by atoms with E-state index >= 15 is 0 Å². The van der Waals surface area contributed by atoms with Crippen LogP contribution >= 0.6 is 0 Å². The number of methoxy groups -OCH3 is 1. The highest BCUT2D eigenvalue weighted by molar-refractivity contribution is 6.24. The Kier molecular flexibility index (Phi) is 5.07. The first-order valence-corrected chi connectivity index (χ1v) is 12.3. The average molecular weight is 503 g/mol. The van der Waals surface area contributed by atoms with Gasteiger partial charge in [-0.15, -0.1) is 0 Å². The zero-order valence-electron chi connectivity index (χ0n) is 20.3. The predicted molar refractivity (Wildman–Crippen MR) is 129 cm³/mol. The number of amides is 4. The standard InChI is InChI=1S/C28H26N2O7/c1-28-19(25(33)29(27(28)35)15-6-4-3-5-7-15)13-18-16(9-10-17-22(18)26(34)30(36)24(17)32)23(28)14-8-11-21(37-2)20(31)12-14/h3-9,11-12,17-19,22-23,31,36H,10,13H2,1-2H3/t17-,18+,19-,22-,23-,28+/m0/s1. The second-order valence-electron chi connectivity index (χ2n) is 10.4. The first-order valence-electron chi connectivity index (χ1n) is 12.3. The van der Waals surface area contributed by atoms with Crippen LogP contribution in [0.15, 0.2) is 60.2 Å². The van der Waals surface area contributed by atoms with Gasteiger partial charge in [-0.2, -0.15) is 5.06 Å². The molecule has 4 aliphatic rings. The molecule has 1 saturated carbocycles. The molecule has 2 aromatic carbocycles. The van der Waals surface area contributed by atoms with E-state index in [4.69, 9.17) is 4.74 Å². The monoisotopic (exact) mass is 502 g/mol. The third-order valence-electron chi connectivity index (χ3n) is 8.80. The third-order valence-corrected chi connectivity index (χ3v) is 8.80. The number of hydrogen-bond donors (Lipinski definition) is 2. The summed E-state index contributed by atoms with van der Waals surface area (Å²) in [5, 5.41) is 20.9. The van der Waals surface area contributed by atoms with E-state index in [0.29, 0.717) is 11.3 Å². The number of anilines is 1. The molecule has 2 saturated heterocycles. The summed E-state index contributed by atoms with van der Waals surface area (Å²) < 4.78 is 5.20. The molecule has 6 rings (SSSR count). The van der Waals surface area contributed by atoms with Gasteiger partial charge in [-0.1, -0.05) is 35.9 Å². The topological polar surface area (TPSA) is 124 Å². The Hall–Kier alpha value is -3.98. The number of carbonyl (C=O) groups is 4.